The van der Waals surface area contributed by atoms with Gasteiger partial charge in [-0.25, -0.2) is 0 Å². The fraction of sp³-hybridized carbons (Fsp3) is 0.200. The fourth-order valence-electron chi connectivity index (χ4n) is 2.19. The minimum absolute atomic E-state index is 0.0132. The molecule has 0 aliphatic rings. The smallest absolute Gasteiger partial charge is 0.325 e. The molecule has 0 aromatic heterocycles. The van der Waals surface area contributed by atoms with E-state index in [-0.39, 0.29) is 17.4 Å². The third-order valence-electron chi connectivity index (χ3n) is 3.68. The summed E-state index contributed by atoms with van der Waals surface area (Å²) in [6.45, 7) is -0.329. The lowest BCUT2D eigenvalue weighted by molar-refractivity contribution is -0.141. The van der Waals surface area contributed by atoms with E-state index >= 15 is 0 Å². The number of esters is 1. The number of hydrogen-bond donors (Lipinski definition) is 2. The van der Waals surface area contributed by atoms with Crippen LogP contribution in [0.25, 0.3) is 0 Å². The van der Waals surface area contributed by atoms with Gasteiger partial charge in [-0.05, 0) is 12.1 Å². The van der Waals surface area contributed by atoms with E-state index in [1.165, 1.54) is 7.11 Å². The average molecular weight is 400 g/mol. The van der Waals surface area contributed by atoms with Crippen LogP contribution in [0.4, 0.5) is 0 Å². The molecule has 0 aliphatic heterocycles. The first-order valence-electron chi connectivity index (χ1n) is 8.44. The van der Waals surface area contributed by atoms with Crippen molar-refractivity contribution in [3.05, 3.63) is 71.8 Å². The Hall–Kier alpha value is -3.13. The number of hydrogen-bond acceptors (Lipinski definition) is 6. The molecule has 0 heterocycles. The number of rotatable bonds is 8. The van der Waals surface area contributed by atoms with Crippen LogP contribution in [0.3, 0.4) is 0 Å². The zero-order chi connectivity index (χ0) is 20.4. The molecule has 0 saturated carbocycles. The van der Waals surface area contributed by atoms with Crippen LogP contribution in [0.5, 0.6) is 0 Å². The van der Waals surface area contributed by atoms with Gasteiger partial charge in [-0.1, -0.05) is 60.3 Å². The van der Waals surface area contributed by atoms with Crippen LogP contribution in [-0.4, -0.2) is 48.3 Å². The Bertz CT molecular complexity index is 827. The van der Waals surface area contributed by atoms with Crippen LogP contribution in [0.15, 0.2) is 60.7 Å². The van der Waals surface area contributed by atoms with Crippen LogP contribution in [-0.2, 0) is 14.3 Å². The first kappa shape index (κ1) is 21.2. The summed E-state index contributed by atoms with van der Waals surface area (Å²) in [5.74, 6) is -1.64. The lowest BCUT2D eigenvalue weighted by Crippen LogP contribution is -2.49. The van der Waals surface area contributed by atoms with E-state index in [1.807, 2.05) is 0 Å². The maximum atomic E-state index is 12.4. The zero-order valence-electron chi connectivity index (χ0n) is 15.2. The Morgan fingerprint density at radius 3 is 2.07 bits per heavy atom. The fourth-order valence-corrected chi connectivity index (χ4v) is 3.04. The second-order valence-corrected chi connectivity index (χ2v) is 6.64. The summed E-state index contributed by atoms with van der Waals surface area (Å²) >= 11 is 0.912. The lowest BCUT2D eigenvalue weighted by Gasteiger charge is -2.17. The van der Waals surface area contributed by atoms with Crippen molar-refractivity contribution in [2.75, 3.05) is 19.4 Å². The second kappa shape index (κ2) is 10.9. The van der Waals surface area contributed by atoms with Gasteiger partial charge < -0.3 is 15.4 Å². The standard InChI is InChI=1S/C20H20N2O5S/c1-27-17(23)12-21-19(25)16(22-18(24)14-8-4-2-5-9-14)13-28-20(26)15-10-6-3-7-11-15/h2-11,16H,12-13H2,1H3,(H,21,25)(H,22,24)/t16-/m0/s1. The van der Waals surface area contributed by atoms with Crippen molar-refractivity contribution >= 4 is 34.7 Å². The molecule has 2 N–H and O–H groups in total. The van der Waals surface area contributed by atoms with Crippen molar-refractivity contribution in [3.8, 4) is 0 Å². The molecule has 2 aromatic rings. The molecule has 7 nitrogen and oxygen atoms in total. The molecule has 0 spiro atoms. The molecule has 2 rings (SSSR count). The summed E-state index contributed by atoms with van der Waals surface area (Å²) in [4.78, 5) is 48.3. The van der Waals surface area contributed by atoms with Crippen molar-refractivity contribution < 1.29 is 23.9 Å². The first-order valence-corrected chi connectivity index (χ1v) is 9.42. The monoisotopic (exact) mass is 400 g/mol. The van der Waals surface area contributed by atoms with Gasteiger partial charge in [-0.2, -0.15) is 0 Å². The Labute approximate surface area is 166 Å². The van der Waals surface area contributed by atoms with E-state index in [9.17, 15) is 19.2 Å². The van der Waals surface area contributed by atoms with Gasteiger partial charge in [0.2, 0.25) is 11.0 Å². The topological polar surface area (TPSA) is 102 Å². The Morgan fingerprint density at radius 2 is 1.50 bits per heavy atom. The van der Waals surface area contributed by atoms with Crippen LogP contribution in [0, 0.1) is 0 Å². The summed E-state index contributed by atoms with van der Waals surface area (Å²) in [7, 11) is 1.21. The second-order valence-electron chi connectivity index (χ2n) is 5.65. The maximum Gasteiger partial charge on any atom is 0.325 e. The van der Waals surface area contributed by atoms with Crippen LogP contribution >= 0.6 is 11.8 Å². The number of amides is 2. The Kier molecular flexibility index (Phi) is 8.23. The van der Waals surface area contributed by atoms with Crippen molar-refractivity contribution in [1.82, 2.24) is 10.6 Å². The molecule has 0 radical (unpaired) electrons. The predicted octanol–water partition coefficient (Wildman–Crippen LogP) is 1.65. The van der Waals surface area contributed by atoms with Gasteiger partial charge in [0.1, 0.15) is 12.6 Å². The highest BCUT2D eigenvalue weighted by Crippen LogP contribution is 2.14. The van der Waals surface area contributed by atoms with Crippen molar-refractivity contribution in [2.45, 2.75) is 6.04 Å². The molecule has 2 aromatic carbocycles. The van der Waals surface area contributed by atoms with Gasteiger partial charge in [0, 0.05) is 16.9 Å². The highest BCUT2D eigenvalue weighted by molar-refractivity contribution is 8.14. The van der Waals surface area contributed by atoms with Gasteiger partial charge in [0.05, 0.1) is 7.11 Å². The average Bonchev–Trinajstić information content (AvgIpc) is 2.75. The van der Waals surface area contributed by atoms with Gasteiger partial charge in [0.25, 0.3) is 5.91 Å². The van der Waals surface area contributed by atoms with Crippen LogP contribution in [0.1, 0.15) is 20.7 Å². The highest BCUT2D eigenvalue weighted by atomic mass is 32.2. The normalized spacial score (nSPS) is 11.2. The summed E-state index contributed by atoms with van der Waals surface area (Å²) in [5, 5.41) is 4.78. The van der Waals surface area contributed by atoms with E-state index < -0.39 is 23.8 Å². The first-order chi connectivity index (χ1) is 13.5. The SMILES string of the molecule is COC(=O)CNC(=O)[C@H](CSC(=O)c1ccccc1)NC(=O)c1ccccc1. The summed E-state index contributed by atoms with van der Waals surface area (Å²) < 4.78 is 4.49. The molecule has 146 valence electrons. The zero-order valence-corrected chi connectivity index (χ0v) is 16.0. The summed E-state index contributed by atoms with van der Waals surface area (Å²) in [6.07, 6.45) is 0. The lowest BCUT2D eigenvalue weighted by atomic mass is 10.2. The molecule has 1 atom stereocenters. The maximum absolute atomic E-state index is 12.4. The molecule has 0 saturated heterocycles. The molecule has 0 aliphatic carbocycles. The number of benzene rings is 2. The number of carbonyl (C=O) groups excluding carboxylic acids is 4. The van der Waals surface area contributed by atoms with Crippen molar-refractivity contribution in [3.63, 3.8) is 0 Å². The summed E-state index contributed by atoms with van der Waals surface area (Å²) in [6, 6.07) is 16.0. The highest BCUT2D eigenvalue weighted by Gasteiger charge is 2.23. The van der Waals surface area contributed by atoms with Gasteiger partial charge in [-0.15, -0.1) is 0 Å². The quantitative estimate of drug-likeness (QED) is 0.654. The third kappa shape index (κ3) is 6.55. The molecular formula is C20H20N2O5S. The summed E-state index contributed by atoms with van der Waals surface area (Å²) in [5.41, 5.74) is 0.878. The van der Waals surface area contributed by atoms with Crippen molar-refractivity contribution in [2.24, 2.45) is 0 Å². The minimum Gasteiger partial charge on any atom is -0.468 e. The molecule has 2 amide bonds. The Balaban J connectivity index is 2.04. The number of methoxy groups -OCH3 is 1. The largest absolute Gasteiger partial charge is 0.468 e. The van der Waals surface area contributed by atoms with Gasteiger partial charge >= 0.3 is 5.97 Å². The van der Waals surface area contributed by atoms with E-state index in [2.05, 4.69) is 15.4 Å². The predicted molar refractivity (Wildman–Crippen MR) is 106 cm³/mol. The van der Waals surface area contributed by atoms with Crippen LogP contribution in [0.2, 0.25) is 0 Å². The Morgan fingerprint density at radius 1 is 0.929 bits per heavy atom. The third-order valence-corrected chi connectivity index (χ3v) is 4.68. The molecule has 28 heavy (non-hydrogen) atoms. The van der Waals surface area contributed by atoms with E-state index in [1.54, 1.807) is 60.7 Å². The van der Waals surface area contributed by atoms with Gasteiger partial charge in [-0.3, -0.25) is 19.2 Å². The van der Waals surface area contributed by atoms with Gasteiger partial charge in [0.15, 0.2) is 0 Å². The van der Waals surface area contributed by atoms with Crippen LogP contribution < -0.4 is 10.6 Å². The molecular weight excluding hydrogens is 380 g/mol. The molecule has 0 unspecified atom stereocenters. The minimum atomic E-state index is -1.00. The molecule has 8 heteroatoms. The number of thioether (sulfide) groups is 1. The molecule has 0 fully saturated rings. The van der Waals surface area contributed by atoms with E-state index in [0.717, 1.165) is 11.8 Å². The van der Waals surface area contributed by atoms with Crippen molar-refractivity contribution in [1.29, 1.82) is 0 Å². The number of ether oxygens (including phenoxy) is 1. The van der Waals surface area contributed by atoms with E-state index in [0.29, 0.717) is 11.1 Å². The molecule has 0 bridgehead atoms. The van der Waals surface area contributed by atoms with E-state index in [4.69, 9.17) is 0 Å². The number of nitrogens with one attached hydrogen (secondary N) is 2. The number of carbonyl (C=O) groups is 4.